The van der Waals surface area contributed by atoms with Gasteiger partial charge in [0.2, 0.25) is 12.5 Å². The molecule has 1 unspecified atom stereocenters. The number of ketones is 1. The fourth-order valence-electron chi connectivity index (χ4n) is 4.59. The monoisotopic (exact) mass is 426 g/mol. The largest absolute Gasteiger partial charge is 0.492 e. The number of fused-ring (bicyclic) bond motifs is 2. The molecule has 31 heavy (non-hydrogen) atoms. The number of benzene rings is 2. The quantitative estimate of drug-likeness (QED) is 0.625. The van der Waals surface area contributed by atoms with Gasteiger partial charge in [0.05, 0.1) is 45.8 Å². The van der Waals surface area contributed by atoms with Gasteiger partial charge in [0.1, 0.15) is 17.6 Å². The Labute approximate surface area is 184 Å². The minimum Gasteiger partial charge on any atom is -0.492 e. The summed E-state index contributed by atoms with van der Waals surface area (Å²) in [6.07, 6.45) is 1.89. The highest BCUT2D eigenvalue weighted by Crippen LogP contribution is 2.51. The fourth-order valence-corrected chi connectivity index (χ4v) is 4.59. The highest BCUT2D eigenvalue weighted by atomic mass is 16.7. The van der Waals surface area contributed by atoms with Crippen molar-refractivity contribution in [1.29, 1.82) is 0 Å². The van der Waals surface area contributed by atoms with Gasteiger partial charge >= 0.3 is 0 Å². The lowest BCUT2D eigenvalue weighted by Crippen LogP contribution is -2.48. The van der Waals surface area contributed by atoms with Crippen LogP contribution in [0.4, 0.5) is 0 Å². The summed E-state index contributed by atoms with van der Waals surface area (Å²) in [5.41, 5.74) is 3.27. The van der Waals surface area contributed by atoms with Crippen molar-refractivity contribution < 1.29 is 28.2 Å². The molecule has 2 aromatic carbocycles. The number of hydrogen-bond donors (Lipinski definition) is 0. The highest BCUT2D eigenvalue weighted by Gasteiger charge is 2.42. The van der Waals surface area contributed by atoms with E-state index in [1.807, 2.05) is 38.1 Å². The summed E-state index contributed by atoms with van der Waals surface area (Å²) in [7, 11) is 6.03. The van der Waals surface area contributed by atoms with Crippen LogP contribution in [0.2, 0.25) is 0 Å². The summed E-state index contributed by atoms with van der Waals surface area (Å²) >= 11 is 0. The Morgan fingerprint density at radius 3 is 2.61 bits per heavy atom. The van der Waals surface area contributed by atoms with Gasteiger partial charge in [-0.3, -0.25) is 4.79 Å². The van der Waals surface area contributed by atoms with E-state index in [9.17, 15) is 4.79 Å². The minimum absolute atomic E-state index is 0.00393. The molecule has 0 amide bonds. The number of likely N-dealkylation sites (N-methyl/N-ethyl adjacent to an activating group) is 1. The topological polar surface area (TPSA) is 54.0 Å². The number of quaternary nitrogens is 1. The molecule has 0 fully saturated rings. The van der Waals surface area contributed by atoms with Crippen molar-refractivity contribution in [3.63, 3.8) is 0 Å². The van der Waals surface area contributed by atoms with Gasteiger partial charge in [-0.15, -0.1) is 0 Å². The molecule has 0 N–H and O–H groups in total. The zero-order valence-electron chi connectivity index (χ0n) is 19.1. The Morgan fingerprint density at radius 1 is 1.19 bits per heavy atom. The average Bonchev–Trinajstić information content (AvgIpc) is 3.18. The Morgan fingerprint density at radius 2 is 1.94 bits per heavy atom. The maximum atomic E-state index is 13.1. The molecule has 6 heteroatoms. The van der Waals surface area contributed by atoms with Crippen LogP contribution in [0.25, 0.3) is 0 Å². The Bertz CT molecular complexity index is 965. The van der Waals surface area contributed by atoms with E-state index in [-0.39, 0.29) is 24.7 Å². The summed E-state index contributed by atoms with van der Waals surface area (Å²) in [4.78, 5) is 13.1. The van der Waals surface area contributed by atoms with E-state index in [4.69, 9.17) is 18.9 Å². The molecule has 2 heterocycles. The third-order valence-electron chi connectivity index (χ3n) is 6.20. The van der Waals surface area contributed by atoms with Crippen molar-refractivity contribution in [2.45, 2.75) is 45.3 Å². The third-order valence-corrected chi connectivity index (χ3v) is 6.20. The summed E-state index contributed by atoms with van der Waals surface area (Å²) in [5.74, 6) is 3.13. The molecule has 0 saturated carbocycles. The molecule has 0 spiro atoms. The second kappa shape index (κ2) is 8.42. The Kier molecular flexibility index (Phi) is 5.84. The van der Waals surface area contributed by atoms with Crippen LogP contribution in [0.1, 0.15) is 43.0 Å². The van der Waals surface area contributed by atoms with E-state index >= 15 is 0 Å². The Hall–Kier alpha value is -2.73. The zero-order chi connectivity index (χ0) is 22.2. The molecule has 166 valence electrons. The predicted octanol–water partition coefficient (Wildman–Crippen LogP) is 4.09. The standard InChI is InChI=1S/C25H32NO5/c1-16(2)31-20-8-6-17(7-9-20)12-19(27)14-21-23-18(10-11-26(21,3)4)13-22-24(25(23)28-5)30-15-29-22/h6-9,13,16,21H,10-12,14-15H2,1-5H3/q+1. The van der Waals surface area contributed by atoms with Gasteiger partial charge in [0, 0.05) is 12.8 Å². The molecule has 0 aliphatic carbocycles. The van der Waals surface area contributed by atoms with Crippen LogP contribution >= 0.6 is 0 Å². The smallest absolute Gasteiger partial charge is 0.231 e. The van der Waals surface area contributed by atoms with Crippen LogP contribution in [0, 0.1) is 0 Å². The first-order valence-corrected chi connectivity index (χ1v) is 10.9. The summed E-state index contributed by atoms with van der Waals surface area (Å²) in [6, 6.07) is 9.88. The molecule has 0 aromatic heterocycles. The van der Waals surface area contributed by atoms with E-state index in [0.29, 0.717) is 24.3 Å². The maximum absolute atomic E-state index is 13.1. The number of methoxy groups -OCH3 is 1. The van der Waals surface area contributed by atoms with Crippen LogP contribution in [-0.2, 0) is 17.6 Å². The highest BCUT2D eigenvalue weighted by molar-refractivity contribution is 5.82. The van der Waals surface area contributed by atoms with Gasteiger partial charge in [0.25, 0.3) is 0 Å². The molecule has 6 nitrogen and oxygen atoms in total. The second-order valence-corrected chi connectivity index (χ2v) is 9.21. The molecule has 0 saturated heterocycles. The van der Waals surface area contributed by atoms with Gasteiger partial charge in [-0.25, -0.2) is 0 Å². The van der Waals surface area contributed by atoms with Crippen LogP contribution in [-0.4, -0.2) is 50.9 Å². The second-order valence-electron chi connectivity index (χ2n) is 9.21. The van der Waals surface area contributed by atoms with Crippen molar-refractivity contribution in [1.82, 2.24) is 0 Å². The SMILES string of the molecule is COc1c2c(cc3c1C(CC(=O)Cc1ccc(OC(C)C)cc1)[N+](C)(C)CC3)OCO2. The van der Waals surface area contributed by atoms with Gasteiger partial charge in [0.15, 0.2) is 11.5 Å². The van der Waals surface area contributed by atoms with Crippen molar-refractivity contribution >= 4 is 5.78 Å². The van der Waals surface area contributed by atoms with E-state index in [0.717, 1.165) is 40.1 Å². The van der Waals surface area contributed by atoms with Crippen LogP contribution in [0.15, 0.2) is 30.3 Å². The van der Waals surface area contributed by atoms with Crippen LogP contribution in [0.3, 0.4) is 0 Å². The van der Waals surface area contributed by atoms with Gasteiger partial charge < -0.3 is 23.4 Å². The molecule has 0 bridgehead atoms. The number of rotatable bonds is 7. The van der Waals surface area contributed by atoms with Crippen LogP contribution in [0.5, 0.6) is 23.0 Å². The van der Waals surface area contributed by atoms with Gasteiger partial charge in [-0.05, 0) is 43.2 Å². The lowest BCUT2D eigenvalue weighted by atomic mass is 9.86. The third kappa shape index (κ3) is 4.35. The van der Waals surface area contributed by atoms with Crippen molar-refractivity contribution in [2.75, 3.05) is 34.5 Å². The lowest BCUT2D eigenvalue weighted by molar-refractivity contribution is -0.922. The first kappa shape index (κ1) is 21.5. The van der Waals surface area contributed by atoms with E-state index in [2.05, 4.69) is 20.2 Å². The number of Topliss-reactive ketones (excluding diaryl/α,β-unsaturated/α-hetero) is 1. The Balaban J connectivity index is 1.57. The number of nitrogens with zero attached hydrogens (tertiary/aromatic N) is 1. The summed E-state index contributed by atoms with van der Waals surface area (Å²) < 4.78 is 23.5. The lowest BCUT2D eigenvalue weighted by Gasteiger charge is -2.43. The number of carbonyl (C=O) groups is 1. The van der Waals surface area contributed by atoms with Crippen molar-refractivity contribution in [3.05, 3.63) is 47.0 Å². The first-order chi connectivity index (χ1) is 14.8. The van der Waals surface area contributed by atoms with Gasteiger partial charge in [-0.1, -0.05) is 12.1 Å². The molecular formula is C25H32NO5+. The molecular weight excluding hydrogens is 394 g/mol. The summed E-state index contributed by atoms with van der Waals surface area (Å²) in [5, 5.41) is 0. The molecule has 2 aromatic rings. The number of hydrogen-bond acceptors (Lipinski definition) is 5. The molecule has 2 aliphatic rings. The van der Waals surface area contributed by atoms with E-state index in [1.165, 1.54) is 5.56 Å². The fraction of sp³-hybridized carbons (Fsp3) is 0.480. The normalized spacial score (nSPS) is 18.6. The molecule has 2 aliphatic heterocycles. The molecule has 0 radical (unpaired) electrons. The zero-order valence-corrected chi connectivity index (χ0v) is 19.1. The minimum atomic E-state index is 0.00393. The van der Waals surface area contributed by atoms with E-state index < -0.39 is 0 Å². The predicted molar refractivity (Wildman–Crippen MR) is 118 cm³/mol. The molecule has 1 atom stereocenters. The van der Waals surface area contributed by atoms with Crippen molar-refractivity contribution in [2.24, 2.45) is 0 Å². The summed E-state index contributed by atoms with van der Waals surface area (Å²) in [6.45, 7) is 5.16. The number of carbonyl (C=O) groups excluding carboxylic acids is 1. The van der Waals surface area contributed by atoms with Crippen molar-refractivity contribution in [3.8, 4) is 23.0 Å². The first-order valence-electron chi connectivity index (χ1n) is 10.9. The maximum Gasteiger partial charge on any atom is 0.231 e. The van der Waals surface area contributed by atoms with E-state index in [1.54, 1.807) is 7.11 Å². The average molecular weight is 427 g/mol. The van der Waals surface area contributed by atoms with Crippen LogP contribution < -0.4 is 18.9 Å². The number of ether oxygens (including phenoxy) is 4. The van der Waals surface area contributed by atoms with Gasteiger partial charge in [-0.2, -0.15) is 0 Å². The molecule has 4 rings (SSSR count).